The molecule has 0 spiro atoms. The maximum Gasteiger partial charge on any atom is 0.305 e. The van der Waals surface area contributed by atoms with E-state index < -0.39 is 0 Å². The Kier molecular flexibility index (Phi) is 15.3. The lowest BCUT2D eigenvalue weighted by molar-refractivity contribution is -0.140. The molecule has 0 amide bonds. The second-order valence-corrected chi connectivity index (χ2v) is 4.92. The van der Waals surface area contributed by atoms with Gasteiger partial charge in [-0.05, 0) is 25.7 Å². The van der Waals surface area contributed by atoms with Crippen molar-refractivity contribution in [1.82, 2.24) is 0 Å². The highest BCUT2D eigenvalue weighted by Crippen LogP contribution is 2.08. The molecule has 0 bridgehead atoms. The average molecular weight is 290 g/mol. The Bertz CT molecular complexity index is 349. The van der Waals surface area contributed by atoms with E-state index in [1.165, 1.54) is 26.4 Å². The van der Waals surface area contributed by atoms with Crippen molar-refractivity contribution >= 4 is 5.97 Å². The minimum absolute atomic E-state index is 0.0936. The largest absolute Gasteiger partial charge is 0.469 e. The van der Waals surface area contributed by atoms with Gasteiger partial charge in [0.15, 0.2) is 0 Å². The van der Waals surface area contributed by atoms with Gasteiger partial charge in [-0.25, -0.2) is 0 Å². The minimum Gasteiger partial charge on any atom is -0.469 e. The maximum absolute atomic E-state index is 10.9. The molecule has 0 aromatic rings. The number of rotatable bonds is 12. The van der Waals surface area contributed by atoms with Crippen molar-refractivity contribution in [3.63, 3.8) is 0 Å². The summed E-state index contributed by atoms with van der Waals surface area (Å²) in [5.74, 6) is -0.0936. The van der Waals surface area contributed by atoms with Crippen LogP contribution >= 0.6 is 0 Å². The molecule has 2 nitrogen and oxygen atoms in total. The molecule has 0 saturated carbocycles. The summed E-state index contributed by atoms with van der Waals surface area (Å²) in [6.07, 6.45) is 25.2. The number of hydrogen-bond acceptors (Lipinski definition) is 2. The summed E-state index contributed by atoms with van der Waals surface area (Å²) in [6, 6.07) is 0. The van der Waals surface area contributed by atoms with Crippen LogP contribution in [0.3, 0.4) is 0 Å². The highest BCUT2D eigenvalue weighted by molar-refractivity contribution is 5.68. The Morgan fingerprint density at radius 2 is 1.38 bits per heavy atom. The van der Waals surface area contributed by atoms with E-state index in [9.17, 15) is 4.79 Å². The van der Waals surface area contributed by atoms with E-state index in [-0.39, 0.29) is 5.97 Å². The molecule has 0 heterocycles. The molecule has 0 radical (unpaired) electrons. The Labute approximate surface area is 130 Å². The molecule has 0 saturated heterocycles. The molecule has 0 aromatic carbocycles. The van der Waals surface area contributed by atoms with E-state index in [4.69, 9.17) is 0 Å². The van der Waals surface area contributed by atoms with Gasteiger partial charge in [0.05, 0.1) is 7.11 Å². The van der Waals surface area contributed by atoms with Gasteiger partial charge in [0.1, 0.15) is 0 Å². The number of carbonyl (C=O) groups is 1. The Morgan fingerprint density at radius 1 is 0.810 bits per heavy atom. The van der Waals surface area contributed by atoms with Gasteiger partial charge >= 0.3 is 5.97 Å². The molecular formula is C19H30O2. The first kappa shape index (κ1) is 19.4. The average Bonchev–Trinajstić information content (AvgIpc) is 2.50. The summed E-state index contributed by atoms with van der Waals surface area (Å²) >= 11 is 0. The van der Waals surface area contributed by atoms with Crippen molar-refractivity contribution in [1.29, 1.82) is 0 Å². The molecule has 0 atom stereocenters. The van der Waals surface area contributed by atoms with Crippen LogP contribution in [0.15, 0.2) is 48.6 Å². The minimum atomic E-state index is -0.0936. The fourth-order valence-electron chi connectivity index (χ4n) is 1.81. The second kappa shape index (κ2) is 16.5. The Morgan fingerprint density at radius 3 is 2.05 bits per heavy atom. The molecule has 2 heteroatoms. The summed E-state index contributed by atoms with van der Waals surface area (Å²) in [5.41, 5.74) is 0. The van der Waals surface area contributed by atoms with Crippen molar-refractivity contribution in [2.45, 2.75) is 58.3 Å². The van der Waals surface area contributed by atoms with E-state index in [0.29, 0.717) is 6.42 Å². The number of methoxy groups -OCH3 is 1. The summed E-state index contributed by atoms with van der Waals surface area (Å²) in [7, 11) is 1.45. The van der Waals surface area contributed by atoms with Crippen LogP contribution in [0.2, 0.25) is 0 Å². The molecule has 0 aromatic heterocycles. The first-order chi connectivity index (χ1) is 10.3. The van der Waals surface area contributed by atoms with Gasteiger partial charge in [-0.2, -0.15) is 0 Å². The molecule has 0 aliphatic rings. The van der Waals surface area contributed by atoms with Gasteiger partial charge in [0.2, 0.25) is 0 Å². The zero-order valence-electron chi connectivity index (χ0n) is 13.6. The standard InChI is InChI=1S/C19H30O2/c1-3-4-5-6-7-8-9-10-11-12-13-14-15-16-17-18-19(20)21-2/h4-11H,3,12-18H2,1-2H3/b5-4+,7-6+,9-8+,11-10+. The molecule has 0 aliphatic carbocycles. The third-order valence-corrected chi connectivity index (χ3v) is 3.04. The predicted octanol–water partition coefficient (Wildman–Crippen LogP) is 5.52. The van der Waals surface area contributed by atoms with Crippen molar-refractivity contribution in [2.75, 3.05) is 7.11 Å². The van der Waals surface area contributed by atoms with E-state index >= 15 is 0 Å². The van der Waals surface area contributed by atoms with Crippen LogP contribution < -0.4 is 0 Å². The lowest BCUT2D eigenvalue weighted by atomic mass is 10.1. The van der Waals surface area contributed by atoms with Crippen molar-refractivity contribution in [2.24, 2.45) is 0 Å². The molecule has 118 valence electrons. The molecule has 0 unspecified atom stereocenters. The summed E-state index contributed by atoms with van der Waals surface area (Å²) in [5, 5.41) is 0. The van der Waals surface area contributed by atoms with Crippen molar-refractivity contribution in [3.05, 3.63) is 48.6 Å². The third kappa shape index (κ3) is 16.4. The van der Waals surface area contributed by atoms with E-state index in [0.717, 1.165) is 25.7 Å². The van der Waals surface area contributed by atoms with Crippen LogP contribution in [0.25, 0.3) is 0 Å². The molecule has 0 N–H and O–H groups in total. The lowest BCUT2D eigenvalue weighted by Gasteiger charge is -1.99. The topological polar surface area (TPSA) is 26.3 Å². The molecule has 21 heavy (non-hydrogen) atoms. The van der Waals surface area contributed by atoms with Crippen LogP contribution in [0, 0.1) is 0 Å². The van der Waals surface area contributed by atoms with E-state index in [1.54, 1.807) is 0 Å². The second-order valence-electron chi connectivity index (χ2n) is 4.92. The van der Waals surface area contributed by atoms with Gasteiger partial charge < -0.3 is 4.74 Å². The first-order valence-corrected chi connectivity index (χ1v) is 8.03. The molecule has 0 rings (SSSR count). The van der Waals surface area contributed by atoms with Crippen molar-refractivity contribution < 1.29 is 9.53 Å². The molecule has 0 aliphatic heterocycles. The quantitative estimate of drug-likeness (QED) is 0.268. The molecular weight excluding hydrogens is 260 g/mol. The molecule has 0 fully saturated rings. The number of ether oxygens (including phenoxy) is 1. The SMILES string of the molecule is CC/C=C/C=C/C=C/C=C/CCCCCCCC(=O)OC. The smallest absolute Gasteiger partial charge is 0.305 e. The van der Waals surface area contributed by atoms with Crippen LogP contribution in [-0.2, 0) is 9.53 Å². The zero-order valence-corrected chi connectivity index (χ0v) is 13.6. The predicted molar refractivity (Wildman–Crippen MR) is 91.2 cm³/mol. The number of esters is 1. The third-order valence-electron chi connectivity index (χ3n) is 3.04. The van der Waals surface area contributed by atoms with Crippen LogP contribution in [-0.4, -0.2) is 13.1 Å². The van der Waals surface area contributed by atoms with Gasteiger partial charge in [-0.1, -0.05) is 74.8 Å². The fourth-order valence-corrected chi connectivity index (χ4v) is 1.81. The fraction of sp³-hybridized carbons (Fsp3) is 0.526. The maximum atomic E-state index is 10.9. The van der Waals surface area contributed by atoms with Crippen LogP contribution in [0.1, 0.15) is 58.3 Å². The number of carbonyl (C=O) groups excluding carboxylic acids is 1. The summed E-state index contributed by atoms with van der Waals surface area (Å²) < 4.78 is 4.61. The zero-order chi connectivity index (χ0) is 15.6. The number of hydrogen-bond donors (Lipinski definition) is 0. The van der Waals surface area contributed by atoms with Gasteiger partial charge in [0.25, 0.3) is 0 Å². The van der Waals surface area contributed by atoms with Gasteiger partial charge in [0, 0.05) is 6.42 Å². The number of allylic oxidation sites excluding steroid dienone is 8. The Hall–Kier alpha value is -1.57. The first-order valence-electron chi connectivity index (χ1n) is 8.03. The summed E-state index contributed by atoms with van der Waals surface area (Å²) in [4.78, 5) is 10.9. The Balaban J connectivity index is 3.36. The highest BCUT2D eigenvalue weighted by Gasteiger charge is 1.98. The van der Waals surface area contributed by atoms with E-state index in [2.05, 4.69) is 42.0 Å². The van der Waals surface area contributed by atoms with Crippen LogP contribution in [0.4, 0.5) is 0 Å². The van der Waals surface area contributed by atoms with Gasteiger partial charge in [-0.15, -0.1) is 0 Å². The monoisotopic (exact) mass is 290 g/mol. The summed E-state index contributed by atoms with van der Waals surface area (Å²) in [6.45, 7) is 2.13. The van der Waals surface area contributed by atoms with E-state index in [1.807, 2.05) is 18.2 Å². The van der Waals surface area contributed by atoms with Gasteiger partial charge in [-0.3, -0.25) is 4.79 Å². The van der Waals surface area contributed by atoms with Crippen LogP contribution in [0.5, 0.6) is 0 Å². The number of unbranched alkanes of at least 4 members (excludes halogenated alkanes) is 5. The van der Waals surface area contributed by atoms with Crippen molar-refractivity contribution in [3.8, 4) is 0 Å². The normalized spacial score (nSPS) is 12.3. The highest BCUT2D eigenvalue weighted by atomic mass is 16.5. The lowest BCUT2D eigenvalue weighted by Crippen LogP contribution is -1.98.